The smallest absolute Gasteiger partial charge is 0.410 e. The fraction of sp³-hybridized carbons (Fsp3) is 0.722. The lowest BCUT2D eigenvalue weighted by Gasteiger charge is -2.26. The molecule has 2 aliphatic rings. The maximum Gasteiger partial charge on any atom is 0.410 e. The van der Waals surface area contributed by atoms with Crippen molar-refractivity contribution in [3.05, 3.63) is 27.4 Å². The van der Waals surface area contributed by atoms with Gasteiger partial charge in [0.05, 0.1) is 5.56 Å². The summed E-state index contributed by atoms with van der Waals surface area (Å²) in [5.41, 5.74) is 0.917. The van der Waals surface area contributed by atoms with Crippen molar-refractivity contribution in [2.45, 2.75) is 59.2 Å². The van der Waals surface area contributed by atoms with Crippen molar-refractivity contribution < 1.29 is 9.53 Å². The molecule has 1 saturated carbocycles. The van der Waals surface area contributed by atoms with E-state index < -0.39 is 5.60 Å². The number of aromatic nitrogens is 2. The summed E-state index contributed by atoms with van der Waals surface area (Å²) < 4.78 is 5.43. The molecule has 3 rings (SSSR count). The molecule has 0 spiro atoms. The zero-order valence-electron chi connectivity index (χ0n) is 15.8. The molecule has 1 aliphatic carbocycles. The second kappa shape index (κ2) is 6.12. The van der Waals surface area contributed by atoms with Crippen LogP contribution in [0.25, 0.3) is 0 Å². The van der Waals surface area contributed by atoms with Gasteiger partial charge in [-0.1, -0.05) is 0 Å². The van der Waals surface area contributed by atoms with Crippen molar-refractivity contribution >= 4 is 6.09 Å². The van der Waals surface area contributed by atoms with Crippen molar-refractivity contribution in [2.24, 2.45) is 11.8 Å². The summed E-state index contributed by atoms with van der Waals surface area (Å²) in [7, 11) is 0. The number of nitrogens with one attached hydrogen (secondary N) is 2. The number of fused-ring (bicyclic) bond motifs is 1. The van der Waals surface area contributed by atoms with E-state index in [1.807, 2.05) is 34.6 Å². The molecule has 0 radical (unpaired) electrons. The first-order valence-electron chi connectivity index (χ1n) is 8.88. The van der Waals surface area contributed by atoms with Gasteiger partial charge in [0.15, 0.2) is 0 Å². The maximum atomic E-state index is 12.2. The van der Waals surface area contributed by atoms with Crippen LogP contribution >= 0.6 is 0 Å². The Balaban J connectivity index is 1.57. The van der Waals surface area contributed by atoms with E-state index >= 15 is 0 Å². The number of aromatic amines is 1. The van der Waals surface area contributed by atoms with E-state index in [4.69, 9.17) is 4.74 Å². The predicted molar refractivity (Wildman–Crippen MR) is 94.5 cm³/mol. The minimum Gasteiger partial charge on any atom is -0.444 e. The molecule has 1 saturated heterocycles. The molecule has 0 bridgehead atoms. The Morgan fingerprint density at radius 3 is 2.44 bits per heavy atom. The molecule has 7 nitrogen and oxygen atoms in total. The van der Waals surface area contributed by atoms with Crippen molar-refractivity contribution in [1.29, 1.82) is 0 Å². The second-order valence-corrected chi connectivity index (χ2v) is 8.28. The summed E-state index contributed by atoms with van der Waals surface area (Å²) in [5.74, 6) is 1.51. The number of carbonyl (C=O) groups excluding carboxylic acids is 1. The summed E-state index contributed by atoms with van der Waals surface area (Å²) in [6.45, 7) is 12.7. The highest BCUT2D eigenvalue weighted by Crippen LogP contribution is 2.46. The summed E-state index contributed by atoms with van der Waals surface area (Å²) in [5, 5.41) is 3.54. The van der Waals surface area contributed by atoms with Crippen LogP contribution in [0.15, 0.2) is 4.79 Å². The van der Waals surface area contributed by atoms with Gasteiger partial charge < -0.3 is 19.9 Å². The van der Waals surface area contributed by atoms with Gasteiger partial charge in [0.1, 0.15) is 11.4 Å². The minimum absolute atomic E-state index is 0.0672. The monoisotopic (exact) mass is 348 g/mol. The van der Waals surface area contributed by atoms with Gasteiger partial charge in [0.2, 0.25) is 0 Å². The van der Waals surface area contributed by atoms with Crippen LogP contribution in [0, 0.1) is 25.7 Å². The molecule has 0 aromatic carbocycles. The molecule has 1 aliphatic heterocycles. The van der Waals surface area contributed by atoms with Crippen molar-refractivity contribution in [2.75, 3.05) is 13.1 Å². The van der Waals surface area contributed by atoms with Crippen LogP contribution in [0.2, 0.25) is 0 Å². The number of likely N-dealkylation sites (tertiary alicyclic amines) is 1. The Hall–Kier alpha value is -1.89. The van der Waals surface area contributed by atoms with Crippen molar-refractivity contribution in [3.63, 3.8) is 0 Å². The lowest BCUT2D eigenvalue weighted by molar-refractivity contribution is 0.0269. The Morgan fingerprint density at radius 1 is 1.32 bits per heavy atom. The molecule has 25 heavy (non-hydrogen) atoms. The topological polar surface area (TPSA) is 87.3 Å². The van der Waals surface area contributed by atoms with Crippen LogP contribution in [-0.2, 0) is 4.74 Å². The third-order valence-electron chi connectivity index (χ3n) is 4.99. The Bertz CT molecular complexity index is 725. The number of aryl methyl sites for hydroxylation is 2. The molecule has 2 N–H and O–H groups in total. The first-order valence-corrected chi connectivity index (χ1v) is 8.88. The normalized spacial score (nSPS) is 26.3. The third kappa shape index (κ3) is 3.71. The average molecular weight is 348 g/mol. The Labute approximate surface area is 148 Å². The zero-order chi connectivity index (χ0) is 18.5. The lowest BCUT2D eigenvalue weighted by Crippen LogP contribution is -2.40. The van der Waals surface area contributed by atoms with E-state index in [0.29, 0.717) is 42.4 Å². The van der Waals surface area contributed by atoms with E-state index in [-0.39, 0.29) is 17.7 Å². The van der Waals surface area contributed by atoms with Crippen molar-refractivity contribution in [3.8, 4) is 0 Å². The Kier molecular flexibility index (Phi) is 4.39. The minimum atomic E-state index is -0.465. The van der Waals surface area contributed by atoms with Gasteiger partial charge in [-0.15, -0.1) is 0 Å². The van der Waals surface area contributed by atoms with E-state index in [2.05, 4.69) is 15.3 Å². The molecule has 7 heteroatoms. The summed E-state index contributed by atoms with van der Waals surface area (Å²) >= 11 is 0. The highest BCUT2D eigenvalue weighted by Gasteiger charge is 2.57. The highest BCUT2D eigenvalue weighted by molar-refractivity contribution is 5.69. The molecule has 1 aromatic rings. The lowest BCUT2D eigenvalue weighted by atomic mass is 10.1. The van der Waals surface area contributed by atoms with Crippen LogP contribution in [0.4, 0.5) is 4.79 Å². The van der Waals surface area contributed by atoms with Crippen LogP contribution in [0.5, 0.6) is 0 Å². The third-order valence-corrected chi connectivity index (χ3v) is 4.99. The van der Waals surface area contributed by atoms with E-state index in [1.165, 1.54) is 0 Å². The first kappa shape index (κ1) is 17.9. The first-order chi connectivity index (χ1) is 11.6. The molecule has 2 heterocycles. The van der Waals surface area contributed by atoms with Gasteiger partial charge in [-0.2, -0.15) is 0 Å². The highest BCUT2D eigenvalue weighted by atomic mass is 16.6. The molecule has 1 amide bonds. The molecule has 1 aromatic heterocycles. The zero-order valence-corrected chi connectivity index (χ0v) is 15.8. The number of rotatable bonds is 3. The molecule has 3 atom stereocenters. The summed E-state index contributed by atoms with van der Waals surface area (Å²) in [4.78, 5) is 33.3. The standard InChI is InChI=1S/C18H28N4O3/c1-9-14(16(23)21-11(3)19-9)10(2)20-15-12-7-22(8-13(12)15)17(24)25-18(4,5)6/h10,12-13,15,20H,7-8H2,1-6H3,(H,19,21,23). The Morgan fingerprint density at radius 2 is 1.92 bits per heavy atom. The van der Waals surface area contributed by atoms with Crippen molar-refractivity contribution in [1.82, 2.24) is 20.2 Å². The summed E-state index contributed by atoms with van der Waals surface area (Å²) in [6, 6.07) is 0.274. The number of hydrogen-bond acceptors (Lipinski definition) is 5. The molecule has 138 valence electrons. The number of amides is 1. The van der Waals surface area contributed by atoms with Gasteiger partial charge >= 0.3 is 6.09 Å². The number of nitrogens with zero attached hydrogens (tertiary/aromatic N) is 2. The quantitative estimate of drug-likeness (QED) is 0.871. The molecule has 3 unspecified atom stereocenters. The van der Waals surface area contributed by atoms with Crippen LogP contribution in [0.3, 0.4) is 0 Å². The van der Waals surface area contributed by atoms with Crippen LogP contribution < -0.4 is 10.9 Å². The SMILES string of the molecule is Cc1nc(C)c(C(C)NC2C3CN(C(=O)OC(C)(C)C)CC32)c(=O)[nH]1. The van der Waals surface area contributed by atoms with E-state index in [1.54, 1.807) is 11.8 Å². The summed E-state index contributed by atoms with van der Waals surface area (Å²) in [6.07, 6.45) is -0.235. The van der Waals surface area contributed by atoms with E-state index in [9.17, 15) is 9.59 Å². The van der Waals surface area contributed by atoms with Crippen LogP contribution in [0.1, 0.15) is 50.8 Å². The molecular formula is C18H28N4O3. The van der Waals surface area contributed by atoms with E-state index in [0.717, 1.165) is 5.69 Å². The number of piperidine rings is 1. The number of carbonyl (C=O) groups is 1. The van der Waals surface area contributed by atoms with Gasteiger partial charge in [0, 0.05) is 30.9 Å². The molecule has 2 fully saturated rings. The maximum absolute atomic E-state index is 12.2. The van der Waals surface area contributed by atoms with Gasteiger partial charge in [-0.3, -0.25) is 4.79 Å². The second-order valence-electron chi connectivity index (χ2n) is 8.28. The number of H-pyrrole nitrogens is 1. The average Bonchev–Trinajstić information content (AvgIpc) is 2.89. The van der Waals surface area contributed by atoms with Gasteiger partial charge in [-0.25, -0.2) is 9.78 Å². The van der Waals surface area contributed by atoms with Gasteiger partial charge in [-0.05, 0) is 53.4 Å². The largest absolute Gasteiger partial charge is 0.444 e. The molecular weight excluding hydrogens is 320 g/mol. The fourth-order valence-corrected chi connectivity index (χ4v) is 3.87. The fourth-order valence-electron chi connectivity index (χ4n) is 3.87. The number of ether oxygens (including phenoxy) is 1. The van der Waals surface area contributed by atoms with Gasteiger partial charge in [0.25, 0.3) is 5.56 Å². The predicted octanol–water partition coefficient (Wildman–Crippen LogP) is 1.90. The number of hydrogen-bond donors (Lipinski definition) is 2. The van der Waals surface area contributed by atoms with Crippen LogP contribution in [-0.4, -0.2) is 45.7 Å².